The van der Waals surface area contributed by atoms with Crippen LogP contribution in [0.2, 0.25) is 0 Å². The quantitative estimate of drug-likeness (QED) is 0.193. The molecule has 3 rings (SSSR count). The number of hydrogen-bond donors (Lipinski definition) is 4. The predicted octanol–water partition coefficient (Wildman–Crippen LogP) is 1.53. The first-order chi connectivity index (χ1) is 18.4. The lowest BCUT2D eigenvalue weighted by atomic mass is 9.96. The standard InChI is InChI=1S/C24H34N3O9PS2/c1-15(2)34-21(30)17(11-13-39-4)26-37(38,36-16-8-6-5-7-9-16)33-14-18-20(29)24(3,32)22(35-18)27-12-10-19(28)25-23(27)31/h5-10,12,15,17-18,20,22,29,32H,11,13-14H2,1-4H3,(H,26,38)(H,25,28,31)/t17-,18+,20+,22+,24+,37?/m0/s1. The van der Waals surface area contributed by atoms with Crippen molar-refractivity contribution in [3.63, 3.8) is 0 Å². The molecule has 1 aliphatic heterocycles. The predicted molar refractivity (Wildman–Crippen MR) is 150 cm³/mol. The van der Waals surface area contributed by atoms with Crippen LogP contribution in [-0.2, 0) is 30.6 Å². The van der Waals surface area contributed by atoms with E-state index >= 15 is 0 Å². The van der Waals surface area contributed by atoms with Gasteiger partial charge in [0, 0.05) is 12.3 Å². The molecule has 1 fully saturated rings. The lowest BCUT2D eigenvalue weighted by Crippen LogP contribution is -2.47. The minimum atomic E-state index is -3.48. The fourth-order valence-corrected chi connectivity index (χ4v) is 6.68. The van der Waals surface area contributed by atoms with Crippen LogP contribution in [0.25, 0.3) is 0 Å². The molecule has 2 heterocycles. The highest BCUT2D eigenvalue weighted by atomic mass is 32.5. The number of hydrogen-bond acceptors (Lipinski definition) is 11. The van der Waals surface area contributed by atoms with Gasteiger partial charge in [0.25, 0.3) is 5.56 Å². The smallest absolute Gasteiger partial charge is 0.330 e. The van der Waals surface area contributed by atoms with Gasteiger partial charge in [-0.1, -0.05) is 18.2 Å². The Bertz CT molecular complexity index is 1270. The Labute approximate surface area is 235 Å². The van der Waals surface area contributed by atoms with E-state index in [0.29, 0.717) is 17.9 Å². The van der Waals surface area contributed by atoms with Gasteiger partial charge in [0.15, 0.2) is 6.23 Å². The van der Waals surface area contributed by atoms with Crippen molar-refractivity contribution in [2.75, 3.05) is 18.6 Å². The van der Waals surface area contributed by atoms with Crippen molar-refractivity contribution >= 4 is 36.2 Å². The van der Waals surface area contributed by atoms with E-state index in [1.807, 2.05) is 6.26 Å². The van der Waals surface area contributed by atoms with Crippen LogP contribution in [0, 0.1) is 0 Å². The zero-order chi connectivity index (χ0) is 28.8. The molecule has 1 aromatic heterocycles. The molecule has 0 amide bonds. The lowest BCUT2D eigenvalue weighted by Gasteiger charge is -2.29. The summed E-state index contributed by atoms with van der Waals surface area (Å²) in [6.45, 7) is 0.955. The van der Waals surface area contributed by atoms with Gasteiger partial charge in [-0.05, 0) is 63.1 Å². The van der Waals surface area contributed by atoms with Crippen molar-refractivity contribution in [2.45, 2.75) is 63.4 Å². The van der Waals surface area contributed by atoms with Crippen LogP contribution in [-0.4, -0.2) is 74.3 Å². The number of thioether (sulfide) groups is 1. The molecule has 4 N–H and O–H groups in total. The number of nitrogens with one attached hydrogen (secondary N) is 2. The van der Waals surface area contributed by atoms with Gasteiger partial charge in [-0.25, -0.2) is 9.88 Å². The Morgan fingerprint density at radius 1 is 1.31 bits per heavy atom. The largest absolute Gasteiger partial charge is 0.462 e. The Morgan fingerprint density at radius 3 is 2.62 bits per heavy atom. The maximum Gasteiger partial charge on any atom is 0.330 e. The maximum atomic E-state index is 12.9. The first-order valence-corrected chi connectivity index (χ1v) is 16.2. The number of aromatic nitrogens is 2. The number of aliphatic hydroxyl groups excluding tert-OH is 1. The van der Waals surface area contributed by atoms with E-state index in [4.69, 9.17) is 30.3 Å². The SMILES string of the molecule is CSCC[C@H](NP(=S)(OC[C@H]1O[C@@H](n2ccc(=O)[nH]c2=O)[C@](C)(O)[C@@H]1O)Oc1ccccc1)C(=O)OC(C)C. The molecule has 1 unspecified atom stereocenters. The molecule has 0 bridgehead atoms. The number of benzene rings is 1. The molecule has 1 saturated heterocycles. The number of rotatable bonds is 13. The van der Waals surface area contributed by atoms with E-state index in [1.165, 1.54) is 6.92 Å². The summed E-state index contributed by atoms with van der Waals surface area (Å²) < 4.78 is 24.3. The number of aliphatic hydroxyl groups is 2. The van der Waals surface area contributed by atoms with E-state index in [2.05, 4.69) is 10.1 Å². The molecule has 2 aromatic rings. The average molecular weight is 604 g/mol. The number of carbonyl (C=O) groups excluding carboxylic acids is 1. The van der Waals surface area contributed by atoms with Crippen LogP contribution in [0.1, 0.15) is 33.4 Å². The summed E-state index contributed by atoms with van der Waals surface area (Å²) in [5.41, 5.74) is -3.36. The van der Waals surface area contributed by atoms with E-state index in [0.717, 1.165) is 16.8 Å². The van der Waals surface area contributed by atoms with Crippen molar-refractivity contribution in [2.24, 2.45) is 0 Å². The molecule has 12 nitrogen and oxygen atoms in total. The molecule has 1 aliphatic rings. The van der Waals surface area contributed by atoms with Crippen molar-refractivity contribution in [1.82, 2.24) is 14.6 Å². The van der Waals surface area contributed by atoms with Crippen molar-refractivity contribution in [3.05, 3.63) is 63.4 Å². The molecular formula is C24H34N3O9PS2. The fraction of sp³-hybridized carbons (Fsp3) is 0.542. The number of nitrogens with zero attached hydrogens (tertiary/aromatic N) is 1. The van der Waals surface area contributed by atoms with Crippen molar-refractivity contribution < 1.29 is 33.5 Å². The van der Waals surface area contributed by atoms with Gasteiger partial charge >= 0.3 is 18.3 Å². The number of para-hydroxylation sites is 1. The molecule has 15 heteroatoms. The first kappa shape index (κ1) is 31.5. The maximum absolute atomic E-state index is 12.9. The molecule has 216 valence electrons. The molecule has 39 heavy (non-hydrogen) atoms. The summed E-state index contributed by atoms with van der Waals surface area (Å²) in [6, 6.07) is 8.93. The number of carbonyl (C=O) groups is 1. The number of ether oxygens (including phenoxy) is 2. The Kier molecular flexibility index (Phi) is 10.9. The topological polar surface area (TPSA) is 161 Å². The molecule has 0 aliphatic carbocycles. The fourth-order valence-electron chi connectivity index (χ4n) is 3.85. The van der Waals surface area contributed by atoms with E-state index < -0.39 is 53.9 Å². The zero-order valence-electron chi connectivity index (χ0n) is 22.0. The minimum Gasteiger partial charge on any atom is -0.462 e. The van der Waals surface area contributed by atoms with Gasteiger partial charge in [0.2, 0.25) is 0 Å². The van der Waals surface area contributed by atoms with Gasteiger partial charge in [-0.3, -0.25) is 19.1 Å². The molecule has 0 spiro atoms. The Morgan fingerprint density at radius 2 is 2.00 bits per heavy atom. The van der Waals surface area contributed by atoms with Gasteiger partial charge in [0.05, 0.1) is 12.7 Å². The van der Waals surface area contributed by atoms with Crippen LogP contribution in [0.5, 0.6) is 5.75 Å². The van der Waals surface area contributed by atoms with Gasteiger partial charge in [-0.15, -0.1) is 0 Å². The minimum absolute atomic E-state index is 0.345. The molecular weight excluding hydrogens is 569 g/mol. The second-order valence-electron chi connectivity index (χ2n) is 9.36. The summed E-state index contributed by atoms with van der Waals surface area (Å²) in [7, 11) is 0. The zero-order valence-corrected chi connectivity index (χ0v) is 24.5. The highest BCUT2D eigenvalue weighted by Crippen LogP contribution is 2.47. The summed E-state index contributed by atoms with van der Waals surface area (Å²) in [5, 5.41) is 24.9. The van der Waals surface area contributed by atoms with Crippen LogP contribution >= 0.6 is 18.4 Å². The number of esters is 1. The third-order valence-electron chi connectivity index (χ3n) is 5.80. The molecule has 0 radical (unpaired) electrons. The monoisotopic (exact) mass is 603 g/mol. The highest BCUT2D eigenvalue weighted by Gasteiger charge is 2.54. The van der Waals surface area contributed by atoms with Crippen LogP contribution in [0.4, 0.5) is 0 Å². The highest BCUT2D eigenvalue weighted by molar-refractivity contribution is 8.09. The second-order valence-corrected chi connectivity index (χ2v) is 13.5. The second kappa shape index (κ2) is 13.6. The van der Waals surface area contributed by atoms with Crippen molar-refractivity contribution in [3.8, 4) is 5.75 Å². The normalized spacial score (nSPS) is 25.3. The van der Waals surface area contributed by atoms with Gasteiger partial charge in [0.1, 0.15) is 29.6 Å². The van der Waals surface area contributed by atoms with E-state index in [-0.39, 0.29) is 12.7 Å². The molecule has 6 atom stereocenters. The Balaban J connectivity index is 1.84. The van der Waals surface area contributed by atoms with Crippen LogP contribution in [0.15, 0.2) is 52.2 Å². The van der Waals surface area contributed by atoms with E-state index in [1.54, 1.807) is 55.9 Å². The van der Waals surface area contributed by atoms with Crippen LogP contribution < -0.4 is 20.9 Å². The average Bonchev–Trinajstić information content (AvgIpc) is 3.09. The van der Waals surface area contributed by atoms with Crippen LogP contribution in [0.3, 0.4) is 0 Å². The van der Waals surface area contributed by atoms with E-state index in [9.17, 15) is 24.6 Å². The van der Waals surface area contributed by atoms with Gasteiger partial charge < -0.3 is 28.7 Å². The third kappa shape index (κ3) is 8.24. The molecule has 1 aromatic carbocycles. The summed E-state index contributed by atoms with van der Waals surface area (Å²) in [5.74, 6) is 0.520. The van der Waals surface area contributed by atoms with Crippen molar-refractivity contribution in [1.29, 1.82) is 0 Å². The summed E-state index contributed by atoms with van der Waals surface area (Å²) in [6.07, 6.45) is -0.853. The third-order valence-corrected chi connectivity index (χ3v) is 8.87. The lowest BCUT2D eigenvalue weighted by molar-refractivity contribution is -0.149. The molecule has 0 saturated carbocycles. The number of aromatic amines is 1. The number of H-pyrrole nitrogens is 1. The summed E-state index contributed by atoms with van der Waals surface area (Å²) >= 11 is 7.33. The Hall–Kier alpha value is -2.03. The summed E-state index contributed by atoms with van der Waals surface area (Å²) in [4.78, 5) is 38.7. The first-order valence-electron chi connectivity index (χ1n) is 12.2. The van der Waals surface area contributed by atoms with Gasteiger partial charge in [-0.2, -0.15) is 11.8 Å².